The first-order chi connectivity index (χ1) is 34.3. The second-order valence-electron chi connectivity index (χ2n) is 19.9. The average molecular weight is 1020 g/mol. The molecule has 3 rings (SSSR count). The van der Waals surface area contributed by atoms with Crippen molar-refractivity contribution in [1.82, 2.24) is 25.3 Å². The molecule has 9 unspecified atom stereocenters. The molecule has 1 saturated heterocycles. The Bertz CT molecular complexity index is 2180. The molecule has 2 aromatic carbocycles. The number of hydrogen-bond donors (Lipinski definition) is 7. The Morgan fingerprint density at radius 2 is 1.47 bits per heavy atom. The molecule has 7 amide bonds. The van der Waals surface area contributed by atoms with E-state index in [9.17, 15) is 43.5 Å². The summed E-state index contributed by atoms with van der Waals surface area (Å²) in [4.78, 5) is 110. The number of benzene rings is 2. The number of amides is 7. The van der Waals surface area contributed by atoms with Crippen LogP contribution in [0.15, 0.2) is 54.6 Å². The highest BCUT2D eigenvalue weighted by Crippen LogP contribution is 2.30. The summed E-state index contributed by atoms with van der Waals surface area (Å²) >= 11 is 0. The van der Waals surface area contributed by atoms with Crippen molar-refractivity contribution in [2.24, 2.45) is 35.0 Å². The summed E-state index contributed by atoms with van der Waals surface area (Å²) in [6.07, 6.45) is -0.263. The van der Waals surface area contributed by atoms with Gasteiger partial charge in [0, 0.05) is 47.0 Å². The summed E-state index contributed by atoms with van der Waals surface area (Å²) < 4.78 is 17.5. The number of likely N-dealkylation sites (tertiary alicyclic amines) is 1. The normalized spacial score (nSPS) is 17.4. The Balaban J connectivity index is 1.68. The molecule has 10 N–H and O–H groups in total. The summed E-state index contributed by atoms with van der Waals surface area (Å²) in [5, 5.41) is 18.2. The first kappa shape index (κ1) is 61.1. The van der Waals surface area contributed by atoms with Crippen LogP contribution in [-0.2, 0) is 60.8 Å². The fourth-order valence-electron chi connectivity index (χ4n) is 8.88. The van der Waals surface area contributed by atoms with Gasteiger partial charge >= 0.3 is 12.1 Å². The summed E-state index contributed by atoms with van der Waals surface area (Å²) in [6.45, 7) is 12.4. The average Bonchev–Trinajstić information content (AvgIpc) is 3.85. The highest BCUT2D eigenvalue weighted by Gasteiger charge is 2.44. The van der Waals surface area contributed by atoms with Gasteiger partial charge in [-0.1, -0.05) is 83.5 Å². The molecule has 0 radical (unpaired) electrons. The number of methoxy groups -OCH3 is 2. The number of ether oxygens (including phenoxy) is 3. The highest BCUT2D eigenvalue weighted by atomic mass is 16.6. The summed E-state index contributed by atoms with van der Waals surface area (Å²) in [5.41, 5.74) is 17.0. The number of carbonyl (C=O) groups excluding carboxylic acids is 7. The monoisotopic (exact) mass is 1020 g/mol. The third-order valence-corrected chi connectivity index (χ3v) is 14.1. The zero-order valence-corrected chi connectivity index (χ0v) is 44.4. The molecule has 2 aromatic rings. The smallest absolute Gasteiger partial charge is 0.410 e. The quantitative estimate of drug-likeness (QED) is 0.0645. The fraction of sp³-hybridized carbons (Fsp3) is 0.615. The van der Waals surface area contributed by atoms with Gasteiger partial charge < -0.3 is 62.3 Å². The van der Waals surface area contributed by atoms with Gasteiger partial charge in [0.2, 0.25) is 35.4 Å². The lowest BCUT2D eigenvalue weighted by molar-refractivity contribution is -0.148. The number of likely N-dealkylation sites (N-methyl/N-ethyl adjacent to an activating group) is 2. The number of aliphatic carboxylic acids is 1. The third-order valence-electron chi connectivity index (χ3n) is 14.1. The Morgan fingerprint density at radius 1 is 0.849 bits per heavy atom. The van der Waals surface area contributed by atoms with Gasteiger partial charge in [-0.25, -0.2) is 9.59 Å². The molecular weight excluding hydrogens is 943 g/mol. The molecule has 0 aliphatic carbocycles. The molecule has 21 nitrogen and oxygen atoms in total. The maximum atomic E-state index is 14.6. The lowest BCUT2D eigenvalue weighted by Crippen LogP contribution is -2.62. The predicted molar refractivity (Wildman–Crippen MR) is 274 cm³/mol. The minimum absolute atomic E-state index is 0.0904. The van der Waals surface area contributed by atoms with Crippen molar-refractivity contribution in [2.45, 2.75) is 154 Å². The van der Waals surface area contributed by atoms with E-state index in [-0.39, 0.29) is 44.1 Å². The van der Waals surface area contributed by atoms with E-state index in [0.717, 1.165) is 10.5 Å². The minimum Gasteiger partial charge on any atom is -0.480 e. The van der Waals surface area contributed by atoms with Gasteiger partial charge in [-0.2, -0.15) is 0 Å². The van der Waals surface area contributed by atoms with Crippen LogP contribution in [0.2, 0.25) is 0 Å². The molecule has 0 bridgehead atoms. The van der Waals surface area contributed by atoms with Gasteiger partial charge in [0.25, 0.3) is 0 Å². The number of rotatable bonds is 28. The van der Waals surface area contributed by atoms with Crippen molar-refractivity contribution < 1.29 is 57.7 Å². The molecule has 0 saturated carbocycles. The number of nitrogens with zero attached hydrogens (tertiary/aromatic N) is 3. The molecule has 10 atom stereocenters. The molecule has 21 heteroatoms. The van der Waals surface area contributed by atoms with E-state index in [1.165, 1.54) is 40.0 Å². The molecule has 406 valence electrons. The van der Waals surface area contributed by atoms with E-state index in [4.69, 9.17) is 31.4 Å². The molecule has 1 aliphatic rings. The third kappa shape index (κ3) is 16.9. The zero-order chi connectivity index (χ0) is 54.9. The molecule has 1 fully saturated rings. The molecule has 1 aliphatic heterocycles. The predicted octanol–water partition coefficient (Wildman–Crippen LogP) is 2.77. The van der Waals surface area contributed by atoms with Crippen LogP contribution in [0.3, 0.4) is 0 Å². The Kier molecular flexibility index (Phi) is 23.7. The maximum absolute atomic E-state index is 14.6. The minimum atomic E-state index is -1.50. The number of carboxylic acids is 1. The highest BCUT2D eigenvalue weighted by molar-refractivity contribution is 5.95. The van der Waals surface area contributed by atoms with Crippen LogP contribution in [0.4, 0.5) is 10.5 Å². The standard InChI is InChI=1S/C52H81N9O12/c1-12-31(4)43(40(71-10)28-41(62)61-26-16-19-39(61)44(72-11)32(5)46(64)57-38(49(67)68)27-33-17-14-13-15-18-33)59(8)48(66)42(30(2)3)58-50(69)52(6,7)60(9)51(70)73-29-34-20-22-35(23-21-34)56-47(65)37(54)25-24-36(53)45(55)63/h13-15,17-18,20-23,30-32,36-40,42-44H,12,16,19,24-29,53-54H2,1-11H3,(H2,55,63)(H,56,65)(H,57,64)(H,58,69)(H,67,68)/t31?,32?,36?,37?,38?,39-,40?,42?,43?,44?/m0/s1. The first-order valence-corrected chi connectivity index (χ1v) is 24.9. The van der Waals surface area contributed by atoms with E-state index in [1.807, 2.05) is 19.9 Å². The van der Waals surface area contributed by atoms with Gasteiger partial charge in [0.05, 0.1) is 48.7 Å². The van der Waals surface area contributed by atoms with Gasteiger partial charge in [0.1, 0.15) is 24.2 Å². The van der Waals surface area contributed by atoms with Crippen LogP contribution < -0.4 is 33.2 Å². The van der Waals surface area contributed by atoms with E-state index < -0.39 is 107 Å². The Morgan fingerprint density at radius 3 is 2.01 bits per heavy atom. The van der Waals surface area contributed by atoms with Crippen molar-refractivity contribution in [1.29, 1.82) is 0 Å². The van der Waals surface area contributed by atoms with Gasteiger partial charge in [-0.3, -0.25) is 33.7 Å². The summed E-state index contributed by atoms with van der Waals surface area (Å²) in [6, 6.07) is 10.3. The lowest BCUT2D eigenvalue weighted by Gasteiger charge is -2.41. The van der Waals surface area contributed by atoms with Gasteiger partial charge in [-0.05, 0) is 74.6 Å². The number of anilines is 1. The second-order valence-corrected chi connectivity index (χ2v) is 19.9. The van der Waals surface area contributed by atoms with E-state index in [2.05, 4.69) is 16.0 Å². The molecule has 73 heavy (non-hydrogen) atoms. The van der Waals surface area contributed by atoms with Crippen LogP contribution in [0.5, 0.6) is 0 Å². The van der Waals surface area contributed by atoms with Crippen molar-refractivity contribution in [3.05, 3.63) is 65.7 Å². The van der Waals surface area contributed by atoms with Crippen molar-refractivity contribution in [2.75, 3.05) is 40.2 Å². The van der Waals surface area contributed by atoms with Crippen LogP contribution >= 0.6 is 0 Å². The van der Waals surface area contributed by atoms with E-state index in [0.29, 0.717) is 37.1 Å². The maximum Gasteiger partial charge on any atom is 0.410 e. The SMILES string of the molecule is CCC(C)C(C(CC(=O)N1CCC[C@H]1C(OC)C(C)C(=O)NC(Cc1ccccc1)C(=O)O)OC)N(C)C(=O)C(NC(=O)C(C)(C)N(C)C(=O)OCc1ccc(NC(=O)C(N)CCC(N)C(N)=O)cc1)C(C)C. The van der Waals surface area contributed by atoms with E-state index in [1.54, 1.807) is 81.2 Å². The number of carbonyl (C=O) groups is 8. The largest absolute Gasteiger partial charge is 0.480 e. The number of nitrogens with two attached hydrogens (primary N) is 3. The molecule has 0 spiro atoms. The topological polar surface area (TPSA) is 308 Å². The number of primary amides is 1. The van der Waals surface area contributed by atoms with E-state index >= 15 is 0 Å². The Labute approximate surface area is 429 Å². The van der Waals surface area contributed by atoms with Crippen LogP contribution in [-0.4, -0.2) is 156 Å². The van der Waals surface area contributed by atoms with Crippen molar-refractivity contribution in [3.8, 4) is 0 Å². The number of carboxylic acid groups (broad SMARTS) is 1. The summed E-state index contributed by atoms with van der Waals surface area (Å²) in [7, 11) is 5.97. The molecule has 0 aromatic heterocycles. The second kappa shape index (κ2) is 28.3. The molecular formula is C52H81N9O12. The summed E-state index contributed by atoms with van der Waals surface area (Å²) in [5.74, 6) is -5.56. The van der Waals surface area contributed by atoms with Crippen molar-refractivity contribution >= 4 is 53.2 Å². The first-order valence-electron chi connectivity index (χ1n) is 24.9. The van der Waals surface area contributed by atoms with Crippen LogP contribution in [0.1, 0.15) is 98.1 Å². The fourth-order valence-corrected chi connectivity index (χ4v) is 8.88. The molecule has 1 heterocycles. The van der Waals surface area contributed by atoms with Crippen LogP contribution in [0, 0.1) is 17.8 Å². The lowest BCUT2D eigenvalue weighted by atomic mass is 9.89. The number of hydrogen-bond acceptors (Lipinski definition) is 13. The van der Waals surface area contributed by atoms with Gasteiger partial charge in [-0.15, -0.1) is 0 Å². The van der Waals surface area contributed by atoms with Crippen molar-refractivity contribution in [3.63, 3.8) is 0 Å². The number of nitrogens with one attached hydrogen (secondary N) is 3. The van der Waals surface area contributed by atoms with Crippen LogP contribution in [0.25, 0.3) is 0 Å². The Hall–Kier alpha value is -6.16. The van der Waals surface area contributed by atoms with Gasteiger partial charge in [0.15, 0.2) is 0 Å². The zero-order valence-electron chi connectivity index (χ0n) is 44.4.